The van der Waals surface area contributed by atoms with E-state index in [1.165, 1.54) is 29.1 Å². The van der Waals surface area contributed by atoms with Crippen molar-refractivity contribution in [3.05, 3.63) is 48.6 Å². The molecule has 0 saturated carbocycles. The molecule has 0 aliphatic carbocycles. The number of sulfone groups is 1. The number of thioether (sulfide) groups is 2. The summed E-state index contributed by atoms with van der Waals surface area (Å²) >= 11 is 2.94. The lowest BCUT2D eigenvalue weighted by atomic mass is 10.2. The van der Waals surface area contributed by atoms with Gasteiger partial charge in [-0.2, -0.15) is 4.99 Å². The molecule has 3 rings (SSSR count). The van der Waals surface area contributed by atoms with E-state index in [0.29, 0.717) is 17.5 Å². The first-order chi connectivity index (χ1) is 12.0. The van der Waals surface area contributed by atoms with Crippen LogP contribution in [0.5, 0.6) is 0 Å². The molecule has 8 heteroatoms. The highest BCUT2D eigenvalue weighted by atomic mass is 32.2. The highest BCUT2D eigenvalue weighted by Crippen LogP contribution is 2.38. The number of fused-ring (bicyclic) bond motifs is 1. The number of benzene rings is 1. The Bertz CT molecular complexity index is 778. The molecule has 0 unspecified atom stereocenters. The van der Waals surface area contributed by atoms with Crippen molar-refractivity contribution in [2.24, 2.45) is 4.99 Å². The van der Waals surface area contributed by atoms with Gasteiger partial charge in [0.1, 0.15) is 0 Å². The average Bonchev–Trinajstić information content (AvgIpc) is 3.01. The van der Waals surface area contributed by atoms with Gasteiger partial charge in [0.25, 0.3) is 5.91 Å². The molecule has 0 aromatic heterocycles. The van der Waals surface area contributed by atoms with E-state index in [4.69, 9.17) is 0 Å². The third-order valence-corrected chi connectivity index (χ3v) is 8.29. The van der Waals surface area contributed by atoms with Crippen LogP contribution in [0.1, 0.15) is 5.56 Å². The van der Waals surface area contributed by atoms with Crippen LogP contribution in [0.4, 0.5) is 0 Å². The second-order valence-corrected chi connectivity index (χ2v) is 10.4. The Kier molecular flexibility index (Phi) is 5.91. The quantitative estimate of drug-likeness (QED) is 0.687. The number of rotatable bonds is 6. The van der Waals surface area contributed by atoms with Crippen molar-refractivity contribution in [1.82, 2.24) is 4.90 Å². The summed E-state index contributed by atoms with van der Waals surface area (Å²) in [6.45, 7) is 4.23. The van der Waals surface area contributed by atoms with Gasteiger partial charge in [0.05, 0.1) is 23.3 Å². The van der Waals surface area contributed by atoms with Gasteiger partial charge in [0.15, 0.2) is 15.0 Å². The molecule has 5 nitrogen and oxygen atoms in total. The normalized spacial score (nSPS) is 25.9. The summed E-state index contributed by atoms with van der Waals surface area (Å²) in [5.41, 5.74) is 1.18. The third kappa shape index (κ3) is 4.68. The molecule has 2 atom stereocenters. The highest BCUT2D eigenvalue weighted by molar-refractivity contribution is 8.15. The Morgan fingerprint density at radius 2 is 2.12 bits per heavy atom. The molecule has 2 aliphatic heterocycles. The zero-order valence-corrected chi connectivity index (χ0v) is 16.2. The molecule has 1 aromatic carbocycles. The third-order valence-electron chi connectivity index (χ3n) is 4.06. The molecule has 1 aromatic rings. The first-order valence-electron chi connectivity index (χ1n) is 7.96. The summed E-state index contributed by atoms with van der Waals surface area (Å²) in [6, 6.07) is 9.89. The number of hydrogen-bond acceptors (Lipinski definition) is 5. The summed E-state index contributed by atoms with van der Waals surface area (Å²) in [4.78, 5) is 18.3. The minimum atomic E-state index is -2.99. The SMILES string of the molecule is C=CCN1C(=NC(=O)CSCc2ccccc2)S[C@@H]2CS(=O)(=O)C[C@@H]21. The largest absolute Gasteiger partial charge is 0.342 e. The fourth-order valence-corrected chi connectivity index (χ4v) is 7.71. The molecule has 0 bridgehead atoms. The van der Waals surface area contributed by atoms with E-state index in [2.05, 4.69) is 11.6 Å². The van der Waals surface area contributed by atoms with Gasteiger partial charge >= 0.3 is 0 Å². The van der Waals surface area contributed by atoms with Crippen molar-refractivity contribution in [1.29, 1.82) is 0 Å². The molecule has 0 radical (unpaired) electrons. The Balaban J connectivity index is 1.60. The topological polar surface area (TPSA) is 66.8 Å². The number of nitrogens with zero attached hydrogens (tertiary/aromatic N) is 2. The van der Waals surface area contributed by atoms with Gasteiger partial charge in [0, 0.05) is 17.5 Å². The van der Waals surface area contributed by atoms with Crippen molar-refractivity contribution in [2.45, 2.75) is 17.0 Å². The van der Waals surface area contributed by atoms with Crippen LogP contribution in [0.25, 0.3) is 0 Å². The van der Waals surface area contributed by atoms with Crippen LogP contribution in [0.15, 0.2) is 48.0 Å². The summed E-state index contributed by atoms with van der Waals surface area (Å²) in [5.74, 6) is 1.19. The maximum Gasteiger partial charge on any atom is 0.258 e. The molecule has 1 amide bonds. The average molecular weight is 397 g/mol. The molecule has 2 heterocycles. The van der Waals surface area contributed by atoms with Crippen molar-refractivity contribution in [3.8, 4) is 0 Å². The molecule has 2 fully saturated rings. The predicted molar refractivity (Wildman–Crippen MR) is 106 cm³/mol. The molecule has 2 aliphatic rings. The van der Waals surface area contributed by atoms with Gasteiger partial charge in [-0.1, -0.05) is 48.2 Å². The molecule has 134 valence electrons. The summed E-state index contributed by atoms with van der Waals surface area (Å²) in [5, 5.41) is 0.601. The maximum atomic E-state index is 12.2. The van der Waals surface area contributed by atoms with Gasteiger partial charge < -0.3 is 4.90 Å². The number of hydrogen-bond donors (Lipinski definition) is 0. The van der Waals surface area contributed by atoms with Crippen LogP contribution in [-0.4, -0.2) is 59.5 Å². The number of amidine groups is 1. The van der Waals surface area contributed by atoms with E-state index in [1.807, 2.05) is 35.2 Å². The monoisotopic (exact) mass is 396 g/mol. The zero-order chi connectivity index (χ0) is 17.9. The standard InChI is InChI=1S/C17H20N2O3S3/c1-2-8-19-14-11-25(21,22)12-15(14)24-17(19)18-16(20)10-23-9-13-6-4-3-5-7-13/h2-7,14-15H,1,8-12H2/t14-,15+/m0/s1. The van der Waals surface area contributed by atoms with E-state index in [0.717, 1.165) is 5.75 Å². The van der Waals surface area contributed by atoms with E-state index in [1.54, 1.807) is 6.08 Å². The lowest BCUT2D eigenvalue weighted by Crippen LogP contribution is -2.37. The van der Waals surface area contributed by atoms with Gasteiger partial charge in [-0.05, 0) is 5.56 Å². The smallest absolute Gasteiger partial charge is 0.258 e. The van der Waals surface area contributed by atoms with Gasteiger partial charge in [-0.25, -0.2) is 8.42 Å². The lowest BCUT2D eigenvalue weighted by molar-refractivity contribution is -0.115. The highest BCUT2D eigenvalue weighted by Gasteiger charge is 2.48. The Labute approximate surface area is 156 Å². The van der Waals surface area contributed by atoms with Crippen LogP contribution in [0.2, 0.25) is 0 Å². The number of aliphatic imine (C=N–C) groups is 1. The lowest BCUT2D eigenvalue weighted by Gasteiger charge is -2.22. The van der Waals surface area contributed by atoms with Crippen LogP contribution in [0.3, 0.4) is 0 Å². The molecule has 0 spiro atoms. The fraction of sp³-hybridized carbons (Fsp3) is 0.412. The first kappa shape index (κ1) is 18.5. The Morgan fingerprint density at radius 3 is 2.84 bits per heavy atom. The van der Waals surface area contributed by atoms with Crippen molar-refractivity contribution in [2.75, 3.05) is 23.8 Å². The second kappa shape index (κ2) is 7.97. The van der Waals surface area contributed by atoms with Gasteiger partial charge in [0.2, 0.25) is 0 Å². The minimum Gasteiger partial charge on any atom is -0.342 e. The van der Waals surface area contributed by atoms with Crippen LogP contribution in [0, 0.1) is 0 Å². The second-order valence-electron chi connectivity index (χ2n) is 6.01. The molecule has 2 saturated heterocycles. The minimum absolute atomic E-state index is 0.0338. The van der Waals surface area contributed by atoms with Gasteiger partial charge in [-0.15, -0.1) is 18.3 Å². The molecule has 0 N–H and O–H groups in total. The maximum absolute atomic E-state index is 12.2. The van der Waals surface area contributed by atoms with Crippen molar-refractivity contribution < 1.29 is 13.2 Å². The van der Waals surface area contributed by atoms with Crippen LogP contribution in [-0.2, 0) is 20.4 Å². The number of amides is 1. The van der Waals surface area contributed by atoms with Crippen LogP contribution >= 0.6 is 23.5 Å². The first-order valence-corrected chi connectivity index (χ1v) is 11.8. The Hall–Kier alpha value is -1.25. The van der Waals surface area contributed by atoms with E-state index in [9.17, 15) is 13.2 Å². The van der Waals surface area contributed by atoms with Gasteiger partial charge in [-0.3, -0.25) is 4.79 Å². The van der Waals surface area contributed by atoms with E-state index in [-0.39, 0.29) is 28.7 Å². The number of carbonyl (C=O) groups is 1. The fourth-order valence-electron chi connectivity index (χ4n) is 2.96. The summed E-state index contributed by atoms with van der Waals surface area (Å²) < 4.78 is 23.6. The molecular formula is C17H20N2O3S3. The summed E-state index contributed by atoms with van der Waals surface area (Å²) in [7, 11) is -2.99. The summed E-state index contributed by atoms with van der Waals surface area (Å²) in [6.07, 6.45) is 1.72. The molecule has 25 heavy (non-hydrogen) atoms. The number of carbonyl (C=O) groups excluding carboxylic acids is 1. The molecular weight excluding hydrogens is 376 g/mol. The zero-order valence-electron chi connectivity index (χ0n) is 13.7. The van der Waals surface area contributed by atoms with E-state index < -0.39 is 9.84 Å². The van der Waals surface area contributed by atoms with Crippen molar-refractivity contribution in [3.63, 3.8) is 0 Å². The predicted octanol–water partition coefficient (Wildman–Crippen LogP) is 2.20. The van der Waals surface area contributed by atoms with Crippen molar-refractivity contribution >= 4 is 44.4 Å². The Morgan fingerprint density at radius 1 is 1.36 bits per heavy atom. The van der Waals surface area contributed by atoms with E-state index >= 15 is 0 Å². The van der Waals surface area contributed by atoms with Crippen LogP contribution < -0.4 is 0 Å².